The standard InChI is InChI=1S/C29H38F2N2O5/c1-5-38-25-16-23(19(2)15-24(25)21(4)34)20(3)33(14-10-9-13-22-11-7-6-8-12-22)27(37)32-28(26(35)36)17-29(30,31)18-28/h6-8,11-12,15-16,20-21,34H,5,9-10,13-14,17-18H2,1-4H3,(H,32,37)(H,35,36)/t20-,21?/m1/s1. The lowest BCUT2D eigenvalue weighted by Crippen LogP contribution is -2.68. The van der Waals surface area contributed by atoms with Crippen LogP contribution >= 0.6 is 0 Å². The number of benzene rings is 2. The van der Waals surface area contributed by atoms with Crippen LogP contribution in [-0.4, -0.2) is 51.7 Å². The number of carbonyl (C=O) groups excluding carboxylic acids is 1. The van der Waals surface area contributed by atoms with Gasteiger partial charge in [-0.2, -0.15) is 0 Å². The summed E-state index contributed by atoms with van der Waals surface area (Å²) in [6.45, 7) is 7.85. The molecule has 3 rings (SSSR count). The Morgan fingerprint density at radius 3 is 2.32 bits per heavy atom. The molecule has 1 aliphatic rings. The summed E-state index contributed by atoms with van der Waals surface area (Å²) < 4.78 is 33.1. The van der Waals surface area contributed by atoms with Gasteiger partial charge in [-0.25, -0.2) is 18.4 Å². The van der Waals surface area contributed by atoms with E-state index in [1.54, 1.807) is 13.0 Å². The maximum atomic E-state index is 13.7. The monoisotopic (exact) mass is 532 g/mol. The molecule has 1 saturated carbocycles. The molecular formula is C29H38F2N2O5. The van der Waals surface area contributed by atoms with Crippen LogP contribution in [0.5, 0.6) is 5.75 Å². The van der Waals surface area contributed by atoms with Gasteiger partial charge in [0, 0.05) is 24.9 Å². The topological polar surface area (TPSA) is 99.1 Å². The van der Waals surface area contributed by atoms with Gasteiger partial charge in [0.2, 0.25) is 0 Å². The predicted octanol–water partition coefficient (Wildman–Crippen LogP) is 5.80. The third-order valence-electron chi connectivity index (χ3n) is 7.16. The molecule has 1 aliphatic carbocycles. The molecule has 0 aromatic heterocycles. The summed E-state index contributed by atoms with van der Waals surface area (Å²) in [6.07, 6.45) is -0.402. The minimum absolute atomic E-state index is 0.299. The molecule has 9 heteroatoms. The predicted molar refractivity (Wildman–Crippen MR) is 141 cm³/mol. The SMILES string of the molecule is CCOc1cc([C@@H](C)N(CCCCc2ccccc2)C(=O)NC2(C(=O)O)CC(F)(F)C2)c(C)cc1C(C)O. The van der Waals surface area contributed by atoms with Crippen LogP contribution in [0.4, 0.5) is 13.6 Å². The molecule has 3 N–H and O–H groups in total. The number of hydrogen-bond acceptors (Lipinski definition) is 4. The van der Waals surface area contributed by atoms with Crippen LogP contribution in [0, 0.1) is 6.92 Å². The quantitative estimate of drug-likeness (QED) is 0.300. The van der Waals surface area contributed by atoms with Crippen molar-refractivity contribution in [3.8, 4) is 5.75 Å². The fourth-order valence-corrected chi connectivity index (χ4v) is 5.08. The second-order valence-corrected chi connectivity index (χ2v) is 10.2. The zero-order valence-corrected chi connectivity index (χ0v) is 22.5. The molecule has 0 radical (unpaired) electrons. The van der Waals surface area contributed by atoms with Crippen LogP contribution in [0.1, 0.15) is 80.9 Å². The Balaban J connectivity index is 1.86. The van der Waals surface area contributed by atoms with Crippen molar-refractivity contribution in [2.45, 2.75) is 83.4 Å². The van der Waals surface area contributed by atoms with Crippen molar-refractivity contribution in [1.82, 2.24) is 10.2 Å². The number of halogens is 2. The number of aryl methyl sites for hydroxylation is 2. The first-order valence-electron chi connectivity index (χ1n) is 13.1. The zero-order chi connectivity index (χ0) is 28.1. The van der Waals surface area contributed by atoms with Gasteiger partial charge in [-0.1, -0.05) is 30.3 Å². The average molecular weight is 533 g/mol. The normalized spacial score (nSPS) is 17.1. The summed E-state index contributed by atoms with van der Waals surface area (Å²) in [7, 11) is 0. The number of nitrogens with one attached hydrogen (secondary N) is 1. The number of aliphatic hydroxyl groups is 1. The van der Waals surface area contributed by atoms with Crippen LogP contribution in [0.25, 0.3) is 0 Å². The van der Waals surface area contributed by atoms with Crippen molar-refractivity contribution >= 4 is 12.0 Å². The summed E-state index contributed by atoms with van der Waals surface area (Å²) in [4.78, 5) is 26.9. The molecule has 0 spiro atoms. The van der Waals surface area contributed by atoms with E-state index in [0.717, 1.165) is 24.0 Å². The number of urea groups is 1. The summed E-state index contributed by atoms with van der Waals surface area (Å²) >= 11 is 0. The van der Waals surface area contributed by atoms with E-state index in [-0.39, 0.29) is 0 Å². The fourth-order valence-electron chi connectivity index (χ4n) is 5.08. The van der Waals surface area contributed by atoms with E-state index in [9.17, 15) is 28.6 Å². The Morgan fingerprint density at radius 2 is 1.76 bits per heavy atom. The third-order valence-corrected chi connectivity index (χ3v) is 7.16. The number of aliphatic carboxylic acids is 1. The maximum Gasteiger partial charge on any atom is 0.329 e. The summed E-state index contributed by atoms with van der Waals surface area (Å²) in [6, 6.07) is 12.3. The van der Waals surface area contributed by atoms with E-state index in [1.165, 1.54) is 10.5 Å². The third kappa shape index (κ3) is 6.81. The van der Waals surface area contributed by atoms with Gasteiger partial charge in [0.25, 0.3) is 5.92 Å². The molecule has 2 atom stereocenters. The van der Waals surface area contributed by atoms with E-state index >= 15 is 0 Å². The minimum atomic E-state index is -3.13. The van der Waals surface area contributed by atoms with Crippen molar-refractivity contribution < 1.29 is 33.3 Å². The number of rotatable bonds is 12. The number of ether oxygens (including phenoxy) is 1. The molecular weight excluding hydrogens is 494 g/mol. The highest BCUT2D eigenvalue weighted by molar-refractivity contribution is 5.88. The molecule has 0 aliphatic heterocycles. The minimum Gasteiger partial charge on any atom is -0.493 e. The fraction of sp³-hybridized carbons (Fsp3) is 0.517. The first-order valence-corrected chi connectivity index (χ1v) is 13.1. The molecule has 1 unspecified atom stereocenters. The maximum absolute atomic E-state index is 13.7. The average Bonchev–Trinajstić information content (AvgIpc) is 2.83. The number of amides is 2. The lowest BCUT2D eigenvalue weighted by Gasteiger charge is -2.45. The van der Waals surface area contributed by atoms with E-state index in [4.69, 9.17) is 4.74 Å². The molecule has 2 aromatic carbocycles. The van der Waals surface area contributed by atoms with E-state index < -0.39 is 48.4 Å². The lowest BCUT2D eigenvalue weighted by atomic mass is 9.73. The number of aliphatic hydroxyl groups excluding tert-OH is 1. The number of hydrogen-bond donors (Lipinski definition) is 3. The van der Waals surface area contributed by atoms with Gasteiger partial charge < -0.3 is 25.2 Å². The molecule has 7 nitrogen and oxygen atoms in total. The Bertz CT molecular complexity index is 1120. The highest BCUT2D eigenvalue weighted by Gasteiger charge is 2.62. The van der Waals surface area contributed by atoms with Gasteiger partial charge in [0.05, 0.1) is 18.8 Å². The van der Waals surface area contributed by atoms with Gasteiger partial charge in [-0.05, 0) is 75.8 Å². The van der Waals surface area contributed by atoms with Gasteiger partial charge >= 0.3 is 12.0 Å². The molecule has 0 heterocycles. The molecule has 2 aromatic rings. The second kappa shape index (κ2) is 12.1. The molecule has 38 heavy (non-hydrogen) atoms. The van der Waals surface area contributed by atoms with Crippen LogP contribution in [-0.2, 0) is 11.2 Å². The number of unbranched alkanes of at least 4 members (excludes halogenated alkanes) is 1. The molecule has 0 bridgehead atoms. The first-order chi connectivity index (χ1) is 17.9. The van der Waals surface area contributed by atoms with Gasteiger partial charge in [-0.3, -0.25) is 0 Å². The van der Waals surface area contributed by atoms with Crippen LogP contribution in [0.3, 0.4) is 0 Å². The first kappa shape index (κ1) is 29.4. The van der Waals surface area contributed by atoms with Crippen molar-refractivity contribution in [1.29, 1.82) is 0 Å². The second-order valence-electron chi connectivity index (χ2n) is 10.2. The van der Waals surface area contributed by atoms with Crippen molar-refractivity contribution in [2.24, 2.45) is 0 Å². The smallest absolute Gasteiger partial charge is 0.329 e. The molecule has 208 valence electrons. The van der Waals surface area contributed by atoms with E-state index in [0.29, 0.717) is 30.9 Å². The molecule has 1 fully saturated rings. The van der Waals surface area contributed by atoms with Gasteiger partial charge in [0.1, 0.15) is 5.75 Å². The van der Waals surface area contributed by atoms with Gasteiger partial charge in [-0.15, -0.1) is 0 Å². The molecule has 0 saturated heterocycles. The zero-order valence-electron chi connectivity index (χ0n) is 22.5. The van der Waals surface area contributed by atoms with Gasteiger partial charge in [0.15, 0.2) is 5.54 Å². The summed E-state index contributed by atoms with van der Waals surface area (Å²) in [5.41, 5.74) is 1.38. The van der Waals surface area contributed by atoms with E-state index in [2.05, 4.69) is 5.32 Å². The summed E-state index contributed by atoms with van der Waals surface area (Å²) in [5, 5.41) is 22.3. The Hall–Kier alpha value is -3.20. The number of carboxylic acid groups (broad SMARTS) is 1. The van der Waals surface area contributed by atoms with E-state index in [1.807, 2.05) is 57.2 Å². The molecule has 2 amide bonds. The Kier molecular flexibility index (Phi) is 9.35. The van der Waals surface area contributed by atoms with Crippen LogP contribution in [0.2, 0.25) is 0 Å². The lowest BCUT2D eigenvalue weighted by molar-refractivity contribution is -0.175. The van der Waals surface area contributed by atoms with Crippen molar-refractivity contribution in [3.05, 3.63) is 64.7 Å². The van der Waals surface area contributed by atoms with Crippen LogP contribution < -0.4 is 10.1 Å². The largest absolute Gasteiger partial charge is 0.493 e. The highest BCUT2D eigenvalue weighted by atomic mass is 19.3. The Morgan fingerprint density at radius 1 is 1.11 bits per heavy atom. The highest BCUT2D eigenvalue weighted by Crippen LogP contribution is 2.46. The van der Waals surface area contributed by atoms with Crippen molar-refractivity contribution in [3.63, 3.8) is 0 Å². The number of nitrogens with zero attached hydrogens (tertiary/aromatic N) is 1. The van der Waals surface area contributed by atoms with Crippen molar-refractivity contribution in [2.75, 3.05) is 13.2 Å². The number of carboxylic acids is 1. The Labute approximate surface area is 222 Å². The number of alkyl halides is 2. The number of carbonyl (C=O) groups is 2. The summed E-state index contributed by atoms with van der Waals surface area (Å²) in [5.74, 6) is -4.10. The van der Waals surface area contributed by atoms with Crippen LogP contribution in [0.15, 0.2) is 42.5 Å².